The number of nitrogens with two attached hydrogens (primary N) is 1. The molecule has 0 spiro atoms. The van der Waals surface area contributed by atoms with E-state index in [1.54, 1.807) is 0 Å². The Balaban J connectivity index is 2.55. The first-order chi connectivity index (χ1) is 7.93. The number of nitriles is 1. The van der Waals surface area contributed by atoms with Crippen LogP contribution < -0.4 is 10.5 Å². The number of hydrogen-bond donors (Lipinski definition) is 1. The molecule has 2 N–H and O–H groups in total. The molecule has 0 bridgehead atoms. The normalized spacial score (nSPS) is 12.9. The monoisotopic (exact) mass is 232 g/mol. The smallest absolute Gasteiger partial charge is 0.119 e. The Morgan fingerprint density at radius 3 is 2.35 bits per heavy atom. The lowest BCUT2D eigenvalue weighted by Gasteiger charge is -2.19. The van der Waals surface area contributed by atoms with Crippen LogP contribution in [0.5, 0.6) is 5.75 Å². The summed E-state index contributed by atoms with van der Waals surface area (Å²) in [5.74, 6) is 0.798. The molecule has 1 aromatic rings. The van der Waals surface area contributed by atoms with Gasteiger partial charge in [0.25, 0.3) is 0 Å². The third-order valence-corrected chi connectivity index (χ3v) is 2.54. The molecule has 17 heavy (non-hydrogen) atoms. The number of benzene rings is 1. The zero-order chi connectivity index (χ0) is 12.9. The average Bonchev–Trinajstić information content (AvgIpc) is 2.26. The molecule has 0 aliphatic heterocycles. The number of hydrogen-bond acceptors (Lipinski definition) is 3. The molecule has 0 amide bonds. The summed E-state index contributed by atoms with van der Waals surface area (Å²) < 4.78 is 5.51. The van der Waals surface area contributed by atoms with E-state index in [9.17, 15) is 0 Å². The highest BCUT2D eigenvalue weighted by molar-refractivity contribution is 5.31. The maximum Gasteiger partial charge on any atom is 0.119 e. The molecule has 1 atom stereocenters. The Hall–Kier alpha value is -1.53. The van der Waals surface area contributed by atoms with Crippen molar-refractivity contribution in [3.63, 3.8) is 0 Å². The minimum atomic E-state index is -0.220. The second kappa shape index (κ2) is 5.70. The first kappa shape index (κ1) is 13.5. The van der Waals surface area contributed by atoms with Crippen LogP contribution in [0.25, 0.3) is 0 Å². The van der Waals surface area contributed by atoms with Crippen molar-refractivity contribution < 1.29 is 4.74 Å². The predicted octanol–water partition coefficient (Wildman–Crippen LogP) is 2.60. The van der Waals surface area contributed by atoms with Crippen molar-refractivity contribution in [2.45, 2.75) is 38.6 Å². The largest absolute Gasteiger partial charge is 0.492 e. The minimum Gasteiger partial charge on any atom is -0.492 e. The first-order valence-electron chi connectivity index (χ1n) is 5.79. The van der Waals surface area contributed by atoms with Crippen LogP contribution in [-0.4, -0.2) is 12.6 Å². The summed E-state index contributed by atoms with van der Waals surface area (Å²) in [5.41, 5.74) is 7.10. The summed E-state index contributed by atoms with van der Waals surface area (Å²) in [6.45, 7) is 6.89. The Morgan fingerprint density at radius 1 is 1.29 bits per heavy atom. The molecule has 0 heterocycles. The molecule has 0 aromatic heterocycles. The van der Waals surface area contributed by atoms with Crippen molar-refractivity contribution in [1.29, 1.82) is 5.26 Å². The van der Waals surface area contributed by atoms with Gasteiger partial charge < -0.3 is 10.5 Å². The van der Waals surface area contributed by atoms with Crippen LogP contribution in [0.1, 0.15) is 32.8 Å². The number of ether oxygens (including phenoxy) is 1. The Kier molecular flexibility index (Phi) is 4.53. The van der Waals surface area contributed by atoms with Crippen LogP contribution in [0.15, 0.2) is 24.3 Å². The topological polar surface area (TPSA) is 59.0 Å². The first-order valence-corrected chi connectivity index (χ1v) is 5.79. The molecule has 0 saturated carbocycles. The highest BCUT2D eigenvalue weighted by Crippen LogP contribution is 2.24. The van der Waals surface area contributed by atoms with Gasteiger partial charge in [0.1, 0.15) is 12.4 Å². The van der Waals surface area contributed by atoms with Crippen molar-refractivity contribution >= 4 is 0 Å². The van der Waals surface area contributed by atoms with E-state index in [1.807, 2.05) is 18.2 Å². The van der Waals surface area contributed by atoms with Gasteiger partial charge in [0.15, 0.2) is 0 Å². The van der Waals surface area contributed by atoms with Gasteiger partial charge in [-0.15, -0.1) is 0 Å². The van der Waals surface area contributed by atoms with E-state index in [0.29, 0.717) is 13.0 Å². The number of nitrogens with zero attached hydrogens (tertiary/aromatic N) is 1. The zero-order valence-electron chi connectivity index (χ0n) is 10.7. The van der Waals surface area contributed by atoms with E-state index >= 15 is 0 Å². The second-order valence-corrected chi connectivity index (χ2v) is 5.21. The van der Waals surface area contributed by atoms with E-state index in [0.717, 1.165) is 5.75 Å². The molecule has 0 radical (unpaired) electrons. The second-order valence-electron chi connectivity index (χ2n) is 5.21. The van der Waals surface area contributed by atoms with Gasteiger partial charge in [-0.2, -0.15) is 5.26 Å². The lowest BCUT2D eigenvalue weighted by Crippen LogP contribution is -2.27. The molecule has 1 unspecified atom stereocenters. The van der Waals surface area contributed by atoms with Crippen LogP contribution in [0, 0.1) is 11.3 Å². The average molecular weight is 232 g/mol. The molecular weight excluding hydrogens is 212 g/mol. The minimum absolute atomic E-state index is 0.149. The third-order valence-electron chi connectivity index (χ3n) is 2.54. The molecule has 0 saturated heterocycles. The molecule has 3 nitrogen and oxygen atoms in total. The molecule has 1 aromatic carbocycles. The Labute approximate surface area is 103 Å². The van der Waals surface area contributed by atoms with Crippen LogP contribution in [0.2, 0.25) is 0 Å². The zero-order valence-corrected chi connectivity index (χ0v) is 10.7. The van der Waals surface area contributed by atoms with Gasteiger partial charge in [0.2, 0.25) is 0 Å². The summed E-state index contributed by atoms with van der Waals surface area (Å²) in [4.78, 5) is 0. The lowest BCUT2D eigenvalue weighted by molar-refractivity contribution is 0.289. The lowest BCUT2D eigenvalue weighted by atomic mass is 9.87. The van der Waals surface area contributed by atoms with Gasteiger partial charge in [0.05, 0.1) is 18.5 Å². The highest BCUT2D eigenvalue weighted by Gasteiger charge is 2.13. The Morgan fingerprint density at radius 2 is 1.88 bits per heavy atom. The van der Waals surface area contributed by atoms with Gasteiger partial charge in [-0.1, -0.05) is 32.9 Å². The summed E-state index contributed by atoms with van der Waals surface area (Å²) >= 11 is 0. The highest BCUT2D eigenvalue weighted by atomic mass is 16.5. The molecule has 0 aliphatic rings. The van der Waals surface area contributed by atoms with Crippen LogP contribution in [-0.2, 0) is 5.41 Å². The summed E-state index contributed by atoms with van der Waals surface area (Å²) in [7, 11) is 0. The number of rotatable bonds is 4. The third kappa shape index (κ3) is 4.46. The van der Waals surface area contributed by atoms with Crippen LogP contribution in [0.3, 0.4) is 0 Å². The van der Waals surface area contributed by atoms with Gasteiger partial charge >= 0.3 is 0 Å². The van der Waals surface area contributed by atoms with Gasteiger partial charge in [-0.05, 0) is 23.1 Å². The summed E-state index contributed by atoms with van der Waals surface area (Å²) in [6, 6.07) is 9.82. The van der Waals surface area contributed by atoms with Crippen LogP contribution >= 0.6 is 0 Å². The van der Waals surface area contributed by atoms with Crippen molar-refractivity contribution in [3.05, 3.63) is 29.8 Å². The van der Waals surface area contributed by atoms with Crippen molar-refractivity contribution in [3.8, 4) is 11.8 Å². The fourth-order valence-electron chi connectivity index (χ4n) is 1.43. The van der Waals surface area contributed by atoms with Gasteiger partial charge in [0, 0.05) is 0 Å². The molecule has 3 heteroatoms. The Bertz CT molecular complexity index is 384. The van der Waals surface area contributed by atoms with Crippen molar-refractivity contribution in [2.75, 3.05) is 6.61 Å². The van der Waals surface area contributed by atoms with Crippen molar-refractivity contribution in [1.82, 2.24) is 0 Å². The van der Waals surface area contributed by atoms with E-state index in [4.69, 9.17) is 15.7 Å². The van der Waals surface area contributed by atoms with Crippen LogP contribution in [0.4, 0.5) is 0 Å². The quantitative estimate of drug-likeness (QED) is 0.868. The standard InChI is InChI=1S/C14H20N2O/c1-14(2,3)11-4-6-13(7-5-11)17-10-12(16)8-9-15/h4-7,12H,8,10,16H2,1-3H3. The van der Waals surface area contributed by atoms with E-state index < -0.39 is 0 Å². The molecule has 92 valence electrons. The summed E-state index contributed by atoms with van der Waals surface area (Å²) in [5, 5.41) is 8.47. The molecule has 1 rings (SSSR count). The maximum absolute atomic E-state index is 8.47. The van der Waals surface area contributed by atoms with Gasteiger partial charge in [-0.3, -0.25) is 0 Å². The predicted molar refractivity (Wildman–Crippen MR) is 68.8 cm³/mol. The van der Waals surface area contributed by atoms with E-state index in [2.05, 4.69) is 32.9 Å². The molecular formula is C14H20N2O. The fraction of sp³-hybridized carbons (Fsp3) is 0.500. The SMILES string of the molecule is CC(C)(C)c1ccc(OCC(N)CC#N)cc1. The molecule has 0 aliphatic carbocycles. The fourth-order valence-corrected chi connectivity index (χ4v) is 1.43. The van der Waals surface area contributed by atoms with E-state index in [1.165, 1.54) is 5.56 Å². The van der Waals surface area contributed by atoms with E-state index in [-0.39, 0.29) is 11.5 Å². The molecule has 0 fully saturated rings. The van der Waals surface area contributed by atoms with Gasteiger partial charge in [-0.25, -0.2) is 0 Å². The van der Waals surface area contributed by atoms with Crippen molar-refractivity contribution in [2.24, 2.45) is 5.73 Å². The maximum atomic E-state index is 8.47. The summed E-state index contributed by atoms with van der Waals surface area (Å²) in [6.07, 6.45) is 0.320.